The molecule has 0 saturated heterocycles. The number of ether oxygens (including phenoxy) is 1. The third kappa shape index (κ3) is 8.48. The first-order chi connectivity index (χ1) is 14.0. The van der Waals surface area contributed by atoms with Crippen LogP contribution in [0.15, 0.2) is 53.4 Å². The average Bonchev–Trinajstić information content (AvgIpc) is 2.72. The minimum absolute atomic E-state index is 0.283. The highest BCUT2D eigenvalue weighted by Crippen LogP contribution is 2.20. The van der Waals surface area contributed by atoms with E-state index in [1.54, 1.807) is 36.4 Å². The highest BCUT2D eigenvalue weighted by atomic mass is 32.2. The zero-order valence-electron chi connectivity index (χ0n) is 17.8. The van der Waals surface area contributed by atoms with Crippen molar-refractivity contribution >= 4 is 15.7 Å². The van der Waals surface area contributed by atoms with Gasteiger partial charge in [0.15, 0.2) is 0 Å². The smallest absolute Gasteiger partial charge is 0.261 e. The molecule has 0 saturated carbocycles. The molecule has 2 aromatic carbocycles. The lowest BCUT2D eigenvalue weighted by molar-refractivity contribution is 0.305. The van der Waals surface area contributed by atoms with E-state index >= 15 is 0 Å². The first-order valence-electron chi connectivity index (χ1n) is 10.9. The van der Waals surface area contributed by atoms with Crippen LogP contribution in [0.1, 0.15) is 70.8 Å². The number of unbranched alkanes of at least 4 members (excludes halogenated alkanes) is 6. The van der Waals surface area contributed by atoms with Crippen molar-refractivity contribution in [3.63, 3.8) is 0 Å². The van der Waals surface area contributed by atoms with Crippen molar-refractivity contribution in [3.05, 3.63) is 54.1 Å². The number of anilines is 1. The number of rotatable bonds is 14. The first kappa shape index (κ1) is 23.3. The number of hydrogen-bond acceptors (Lipinski definition) is 3. The molecular weight excluding hydrogens is 382 g/mol. The number of sulfonamides is 1. The highest BCUT2D eigenvalue weighted by molar-refractivity contribution is 7.92. The van der Waals surface area contributed by atoms with E-state index in [4.69, 9.17) is 4.74 Å². The number of aryl methyl sites for hydroxylation is 1. The molecule has 29 heavy (non-hydrogen) atoms. The molecule has 0 radical (unpaired) electrons. The number of benzene rings is 2. The van der Waals surface area contributed by atoms with E-state index in [-0.39, 0.29) is 4.90 Å². The summed E-state index contributed by atoms with van der Waals surface area (Å²) in [5.74, 6) is 0.761. The fraction of sp³-hybridized carbons (Fsp3) is 0.500. The van der Waals surface area contributed by atoms with Gasteiger partial charge in [-0.1, -0.05) is 64.5 Å². The van der Waals surface area contributed by atoms with Gasteiger partial charge in [-0.2, -0.15) is 0 Å². The molecule has 0 spiro atoms. The molecule has 0 unspecified atom stereocenters. The van der Waals surface area contributed by atoms with Gasteiger partial charge in [0.25, 0.3) is 10.0 Å². The Morgan fingerprint density at radius 2 is 1.38 bits per heavy atom. The van der Waals surface area contributed by atoms with Crippen LogP contribution in [0.25, 0.3) is 0 Å². The van der Waals surface area contributed by atoms with Crippen LogP contribution >= 0.6 is 0 Å². The lowest BCUT2D eigenvalue weighted by atomic mass is 10.1. The Labute approximate surface area is 176 Å². The molecule has 0 amide bonds. The molecule has 160 valence electrons. The van der Waals surface area contributed by atoms with Gasteiger partial charge in [0.2, 0.25) is 0 Å². The van der Waals surface area contributed by atoms with Gasteiger partial charge in [-0.25, -0.2) is 8.42 Å². The van der Waals surface area contributed by atoms with Crippen LogP contribution in [0.5, 0.6) is 5.75 Å². The van der Waals surface area contributed by atoms with E-state index in [9.17, 15) is 8.42 Å². The molecule has 0 aliphatic rings. The second-order valence-corrected chi connectivity index (χ2v) is 9.18. The molecule has 5 heteroatoms. The van der Waals surface area contributed by atoms with Gasteiger partial charge in [0.05, 0.1) is 11.5 Å². The Kier molecular flexibility index (Phi) is 10.1. The molecule has 0 fully saturated rings. The molecule has 1 N–H and O–H groups in total. The van der Waals surface area contributed by atoms with Crippen LogP contribution in [0, 0.1) is 0 Å². The predicted octanol–water partition coefficient (Wildman–Crippen LogP) is 6.57. The lowest BCUT2D eigenvalue weighted by Gasteiger charge is -2.10. The van der Waals surface area contributed by atoms with E-state index < -0.39 is 10.0 Å². The fourth-order valence-electron chi connectivity index (χ4n) is 3.14. The molecule has 0 aliphatic heterocycles. The molecule has 0 atom stereocenters. The third-order valence-corrected chi connectivity index (χ3v) is 6.32. The van der Waals surface area contributed by atoms with Crippen molar-refractivity contribution in [2.24, 2.45) is 0 Å². The van der Waals surface area contributed by atoms with Crippen LogP contribution in [-0.4, -0.2) is 15.0 Å². The van der Waals surface area contributed by atoms with Crippen LogP contribution in [0.2, 0.25) is 0 Å². The Balaban J connectivity index is 1.86. The molecule has 0 aliphatic carbocycles. The quantitative estimate of drug-likeness (QED) is 0.354. The van der Waals surface area contributed by atoms with Crippen molar-refractivity contribution in [2.45, 2.75) is 76.5 Å². The van der Waals surface area contributed by atoms with E-state index in [0.717, 1.165) is 25.0 Å². The van der Waals surface area contributed by atoms with Crippen molar-refractivity contribution in [2.75, 3.05) is 11.3 Å². The largest absolute Gasteiger partial charge is 0.494 e. The minimum atomic E-state index is -3.59. The second kappa shape index (κ2) is 12.5. The Hall–Kier alpha value is -2.01. The Morgan fingerprint density at radius 3 is 2.00 bits per heavy atom. The van der Waals surface area contributed by atoms with E-state index in [1.165, 1.54) is 44.1 Å². The standard InChI is InChI=1S/C24H35NO3S/c1-3-5-7-9-11-21-12-18-24(19-13-21)29(26,27)25-22-14-16-23(17-15-22)28-20-10-8-6-4-2/h12-19,25H,3-11,20H2,1-2H3. The summed E-state index contributed by atoms with van der Waals surface area (Å²) >= 11 is 0. The molecule has 0 bridgehead atoms. The van der Waals surface area contributed by atoms with Crippen molar-refractivity contribution in [1.29, 1.82) is 0 Å². The molecule has 0 aromatic heterocycles. The number of hydrogen-bond donors (Lipinski definition) is 1. The maximum absolute atomic E-state index is 12.6. The highest BCUT2D eigenvalue weighted by Gasteiger charge is 2.14. The van der Waals surface area contributed by atoms with Gasteiger partial charge in [-0.3, -0.25) is 4.72 Å². The van der Waals surface area contributed by atoms with E-state index in [1.807, 2.05) is 12.1 Å². The summed E-state index contributed by atoms with van der Waals surface area (Å²) in [5, 5.41) is 0. The van der Waals surface area contributed by atoms with Gasteiger partial charge >= 0.3 is 0 Å². The van der Waals surface area contributed by atoms with Crippen molar-refractivity contribution in [3.8, 4) is 5.75 Å². The molecule has 4 nitrogen and oxygen atoms in total. The zero-order chi connectivity index (χ0) is 21.0. The molecular formula is C24H35NO3S. The molecule has 2 rings (SSSR count). The molecule has 0 heterocycles. The fourth-order valence-corrected chi connectivity index (χ4v) is 4.20. The predicted molar refractivity (Wildman–Crippen MR) is 121 cm³/mol. The monoisotopic (exact) mass is 417 g/mol. The summed E-state index contributed by atoms with van der Waals surface area (Å²) in [6.45, 7) is 5.07. The van der Waals surface area contributed by atoms with E-state index in [0.29, 0.717) is 12.3 Å². The van der Waals surface area contributed by atoms with Gasteiger partial charge in [-0.05, 0) is 61.2 Å². The summed E-state index contributed by atoms with van der Waals surface area (Å²) in [6, 6.07) is 14.3. The molecule has 2 aromatic rings. The van der Waals surface area contributed by atoms with Crippen molar-refractivity contribution in [1.82, 2.24) is 0 Å². The zero-order valence-corrected chi connectivity index (χ0v) is 18.6. The minimum Gasteiger partial charge on any atom is -0.494 e. The second-order valence-electron chi connectivity index (χ2n) is 7.49. The van der Waals surface area contributed by atoms with Gasteiger partial charge < -0.3 is 4.74 Å². The third-order valence-electron chi connectivity index (χ3n) is 4.93. The topological polar surface area (TPSA) is 55.4 Å². The summed E-state index contributed by atoms with van der Waals surface area (Å²) in [4.78, 5) is 0.283. The SMILES string of the molecule is CCCCCCOc1ccc(NS(=O)(=O)c2ccc(CCCCCC)cc2)cc1. The average molecular weight is 418 g/mol. The van der Waals surface area contributed by atoms with Gasteiger partial charge in [0, 0.05) is 5.69 Å². The summed E-state index contributed by atoms with van der Waals surface area (Å²) in [6.07, 6.45) is 10.5. The van der Waals surface area contributed by atoms with Crippen LogP contribution in [0.3, 0.4) is 0 Å². The maximum Gasteiger partial charge on any atom is 0.261 e. The summed E-state index contributed by atoms with van der Waals surface area (Å²) in [5.41, 5.74) is 1.72. The maximum atomic E-state index is 12.6. The van der Waals surface area contributed by atoms with Crippen LogP contribution < -0.4 is 9.46 Å². The Morgan fingerprint density at radius 1 is 0.759 bits per heavy atom. The summed E-state index contributed by atoms with van der Waals surface area (Å²) < 4.78 is 33.6. The van der Waals surface area contributed by atoms with E-state index in [2.05, 4.69) is 18.6 Å². The van der Waals surface area contributed by atoms with Gasteiger partial charge in [-0.15, -0.1) is 0 Å². The number of nitrogens with one attached hydrogen (secondary N) is 1. The van der Waals surface area contributed by atoms with Crippen LogP contribution in [-0.2, 0) is 16.4 Å². The normalized spacial score (nSPS) is 11.4. The van der Waals surface area contributed by atoms with Crippen LogP contribution in [0.4, 0.5) is 5.69 Å². The Bertz CT molecular complexity index is 799. The van der Waals surface area contributed by atoms with Crippen molar-refractivity contribution < 1.29 is 13.2 Å². The lowest BCUT2D eigenvalue weighted by Crippen LogP contribution is -2.12. The first-order valence-corrected chi connectivity index (χ1v) is 12.4. The van der Waals surface area contributed by atoms with Gasteiger partial charge in [0.1, 0.15) is 5.75 Å². The summed E-state index contributed by atoms with van der Waals surface area (Å²) in [7, 11) is -3.59.